The van der Waals surface area contributed by atoms with Crippen LogP contribution in [0.15, 0.2) is 46.9 Å². The average molecular weight is 484 g/mol. The predicted octanol–water partition coefficient (Wildman–Crippen LogP) is 3.34. The number of hydrogen-bond acceptors (Lipinski definition) is 4. The lowest BCUT2D eigenvalue weighted by Crippen LogP contribution is -2.39. The molecule has 0 saturated carbocycles. The van der Waals surface area contributed by atoms with Gasteiger partial charge in [-0.05, 0) is 42.8 Å². The maximum atomic E-state index is 4.65. The highest BCUT2D eigenvalue weighted by Gasteiger charge is 2.07. The second-order valence-electron chi connectivity index (χ2n) is 6.01. The van der Waals surface area contributed by atoms with Gasteiger partial charge in [0, 0.05) is 24.2 Å². The quantitative estimate of drug-likeness (QED) is 0.307. The molecule has 1 atom stereocenters. The number of hydrogen-bond donors (Lipinski definition) is 2. The van der Waals surface area contributed by atoms with Crippen molar-refractivity contribution < 1.29 is 0 Å². The van der Waals surface area contributed by atoms with Crippen molar-refractivity contribution >= 4 is 46.9 Å². The number of fused-ring (bicyclic) bond motifs is 1. The Kier molecular flexibility index (Phi) is 8.30. The van der Waals surface area contributed by atoms with Gasteiger partial charge in [0.25, 0.3) is 0 Å². The van der Waals surface area contributed by atoms with Gasteiger partial charge in [-0.3, -0.25) is 4.40 Å². The highest BCUT2D eigenvalue weighted by Crippen LogP contribution is 2.13. The van der Waals surface area contributed by atoms with Gasteiger partial charge in [0.2, 0.25) is 0 Å². The molecular formula is C18H25IN6S. The minimum absolute atomic E-state index is 0. The molecular weight excluding hydrogens is 459 g/mol. The van der Waals surface area contributed by atoms with Crippen LogP contribution >= 0.6 is 35.3 Å². The van der Waals surface area contributed by atoms with E-state index in [0.29, 0.717) is 12.5 Å². The molecule has 3 heterocycles. The van der Waals surface area contributed by atoms with E-state index in [1.54, 1.807) is 0 Å². The summed E-state index contributed by atoms with van der Waals surface area (Å²) in [7, 11) is 0. The Morgan fingerprint density at radius 1 is 1.23 bits per heavy atom. The van der Waals surface area contributed by atoms with Crippen molar-refractivity contribution in [1.82, 2.24) is 25.2 Å². The molecule has 0 aliphatic carbocycles. The summed E-state index contributed by atoms with van der Waals surface area (Å²) in [6, 6.07) is 10.2. The zero-order chi connectivity index (χ0) is 17.5. The van der Waals surface area contributed by atoms with Gasteiger partial charge < -0.3 is 10.6 Å². The number of rotatable bonds is 7. The normalized spacial score (nSPS) is 12.6. The average Bonchev–Trinajstić information content (AvgIpc) is 3.27. The lowest BCUT2D eigenvalue weighted by molar-refractivity contribution is 0.562. The lowest BCUT2D eigenvalue weighted by atomic mass is 10.1. The fourth-order valence-corrected chi connectivity index (χ4v) is 3.48. The Morgan fingerprint density at radius 3 is 2.88 bits per heavy atom. The first-order valence-corrected chi connectivity index (χ1v) is 9.47. The van der Waals surface area contributed by atoms with E-state index in [2.05, 4.69) is 57.2 Å². The number of halogens is 1. The highest BCUT2D eigenvalue weighted by atomic mass is 127. The number of aromatic nitrogens is 3. The maximum absolute atomic E-state index is 4.65. The summed E-state index contributed by atoms with van der Waals surface area (Å²) in [5.74, 6) is 2.18. The van der Waals surface area contributed by atoms with Crippen molar-refractivity contribution in [2.24, 2.45) is 10.9 Å². The second kappa shape index (κ2) is 10.5. The standard InChI is InChI=1S/C18H24N6S.HI/c1-3-19-18(20-12-14(2)11-15-7-6-10-25-15)21-13-17-23-22-16-8-4-5-9-24(16)17;/h4-10,14H,3,11-13H2,1-2H3,(H2,19,20,21);1H. The molecule has 0 amide bonds. The molecule has 0 radical (unpaired) electrons. The van der Waals surface area contributed by atoms with E-state index in [1.807, 2.05) is 40.1 Å². The Labute approximate surface area is 175 Å². The molecule has 0 aliphatic heterocycles. The first kappa shape index (κ1) is 20.6. The molecule has 0 saturated heterocycles. The smallest absolute Gasteiger partial charge is 0.191 e. The monoisotopic (exact) mass is 484 g/mol. The molecule has 0 aliphatic rings. The van der Waals surface area contributed by atoms with Crippen molar-refractivity contribution in [1.29, 1.82) is 0 Å². The van der Waals surface area contributed by atoms with E-state index in [9.17, 15) is 0 Å². The van der Waals surface area contributed by atoms with Crippen molar-refractivity contribution in [3.05, 3.63) is 52.6 Å². The SMILES string of the molecule is CCNC(=NCc1nnc2ccccn12)NCC(C)Cc1cccs1.I. The number of aliphatic imine (C=N–C) groups is 1. The molecule has 3 aromatic heterocycles. The van der Waals surface area contributed by atoms with Crippen LogP contribution in [0.25, 0.3) is 5.65 Å². The number of guanidine groups is 1. The van der Waals surface area contributed by atoms with E-state index in [4.69, 9.17) is 0 Å². The van der Waals surface area contributed by atoms with E-state index in [0.717, 1.165) is 36.9 Å². The van der Waals surface area contributed by atoms with E-state index in [-0.39, 0.29) is 24.0 Å². The zero-order valence-corrected chi connectivity index (χ0v) is 18.2. The van der Waals surface area contributed by atoms with Gasteiger partial charge in [0.1, 0.15) is 6.54 Å². The third-order valence-corrected chi connectivity index (χ3v) is 4.75. The number of nitrogens with zero attached hydrogens (tertiary/aromatic N) is 4. The van der Waals surface area contributed by atoms with Crippen molar-refractivity contribution in [2.45, 2.75) is 26.8 Å². The molecule has 3 aromatic rings. The molecule has 0 aromatic carbocycles. The Bertz CT molecular complexity index is 814. The van der Waals surface area contributed by atoms with Gasteiger partial charge in [0.05, 0.1) is 0 Å². The molecule has 8 heteroatoms. The van der Waals surface area contributed by atoms with Gasteiger partial charge >= 0.3 is 0 Å². The van der Waals surface area contributed by atoms with E-state index >= 15 is 0 Å². The fourth-order valence-electron chi connectivity index (χ4n) is 2.61. The van der Waals surface area contributed by atoms with E-state index in [1.165, 1.54) is 4.88 Å². The Hall–Kier alpha value is -1.68. The minimum Gasteiger partial charge on any atom is -0.357 e. The summed E-state index contributed by atoms with van der Waals surface area (Å²) >= 11 is 1.81. The third-order valence-electron chi connectivity index (χ3n) is 3.85. The molecule has 6 nitrogen and oxygen atoms in total. The first-order valence-electron chi connectivity index (χ1n) is 8.59. The molecule has 1 unspecified atom stereocenters. The van der Waals surface area contributed by atoms with Crippen molar-refractivity contribution in [3.63, 3.8) is 0 Å². The number of pyridine rings is 1. The van der Waals surface area contributed by atoms with Crippen LogP contribution in [0, 0.1) is 5.92 Å². The van der Waals surface area contributed by atoms with Gasteiger partial charge in [-0.15, -0.1) is 45.5 Å². The topological polar surface area (TPSA) is 66.6 Å². The largest absolute Gasteiger partial charge is 0.357 e. The summed E-state index contributed by atoms with van der Waals surface area (Å²) in [5.41, 5.74) is 0.843. The summed E-state index contributed by atoms with van der Waals surface area (Å²) < 4.78 is 1.96. The number of thiophene rings is 1. The lowest BCUT2D eigenvalue weighted by Gasteiger charge is -2.15. The summed E-state index contributed by atoms with van der Waals surface area (Å²) in [6.07, 6.45) is 3.04. The van der Waals surface area contributed by atoms with Crippen LogP contribution < -0.4 is 10.6 Å². The van der Waals surface area contributed by atoms with Gasteiger partial charge in [-0.2, -0.15) is 0 Å². The minimum atomic E-state index is 0. The summed E-state index contributed by atoms with van der Waals surface area (Å²) in [6.45, 7) is 6.51. The molecule has 3 rings (SSSR count). The Morgan fingerprint density at radius 2 is 2.12 bits per heavy atom. The van der Waals surface area contributed by atoms with E-state index < -0.39 is 0 Å². The van der Waals surface area contributed by atoms with Crippen molar-refractivity contribution in [3.8, 4) is 0 Å². The van der Waals surface area contributed by atoms with Gasteiger partial charge in [-0.1, -0.05) is 19.1 Å². The molecule has 0 spiro atoms. The predicted molar refractivity (Wildman–Crippen MR) is 118 cm³/mol. The van der Waals surface area contributed by atoms with Crippen LogP contribution in [0.4, 0.5) is 0 Å². The van der Waals surface area contributed by atoms with Crippen LogP contribution in [0.5, 0.6) is 0 Å². The second-order valence-corrected chi connectivity index (χ2v) is 7.04. The first-order chi connectivity index (χ1) is 12.3. The number of nitrogens with one attached hydrogen (secondary N) is 2. The van der Waals surface area contributed by atoms with Crippen LogP contribution in [0.3, 0.4) is 0 Å². The van der Waals surface area contributed by atoms with Crippen LogP contribution in [-0.2, 0) is 13.0 Å². The molecule has 0 bridgehead atoms. The van der Waals surface area contributed by atoms with Crippen LogP contribution in [-0.4, -0.2) is 33.6 Å². The van der Waals surface area contributed by atoms with Gasteiger partial charge in [-0.25, -0.2) is 4.99 Å². The fraction of sp³-hybridized carbons (Fsp3) is 0.389. The zero-order valence-electron chi connectivity index (χ0n) is 15.1. The van der Waals surface area contributed by atoms with Crippen LogP contribution in [0.1, 0.15) is 24.5 Å². The molecule has 26 heavy (non-hydrogen) atoms. The molecule has 140 valence electrons. The Balaban J connectivity index is 0.00000243. The highest BCUT2D eigenvalue weighted by molar-refractivity contribution is 14.0. The van der Waals surface area contributed by atoms with Crippen molar-refractivity contribution in [2.75, 3.05) is 13.1 Å². The summed E-state index contributed by atoms with van der Waals surface area (Å²) in [4.78, 5) is 6.07. The van der Waals surface area contributed by atoms with Crippen LogP contribution in [0.2, 0.25) is 0 Å². The molecule has 0 fully saturated rings. The van der Waals surface area contributed by atoms with Gasteiger partial charge in [0.15, 0.2) is 17.4 Å². The third kappa shape index (κ3) is 5.66. The summed E-state index contributed by atoms with van der Waals surface area (Å²) in [5, 5.41) is 17.2. The molecule has 2 N–H and O–H groups in total. The maximum Gasteiger partial charge on any atom is 0.191 e.